The summed E-state index contributed by atoms with van der Waals surface area (Å²) in [6, 6.07) is 5.35. The van der Waals surface area contributed by atoms with Crippen LogP contribution in [0.15, 0.2) is 30.6 Å². The molecule has 0 aliphatic carbocycles. The zero-order valence-corrected chi connectivity index (χ0v) is 10.8. The molecule has 0 fully saturated rings. The van der Waals surface area contributed by atoms with Gasteiger partial charge >= 0.3 is 0 Å². The number of carbonyl (C=O) groups is 1. The standard InChI is InChI=1S/C12H12Cl2N2O/c1-2-11(17)16-6-5-15-12(16)8-3-4-9(13)10(14)7-8/h3-7,12,15H,2H2,1H3. The predicted octanol–water partition coefficient (Wildman–Crippen LogP) is 3.31. The molecular weight excluding hydrogens is 259 g/mol. The molecule has 1 aliphatic heterocycles. The van der Waals surface area contributed by atoms with Crippen LogP contribution in [0.1, 0.15) is 25.1 Å². The van der Waals surface area contributed by atoms with Crippen LogP contribution in [0.2, 0.25) is 10.0 Å². The Morgan fingerprint density at radius 1 is 1.41 bits per heavy atom. The second kappa shape index (κ2) is 4.98. The van der Waals surface area contributed by atoms with Crippen molar-refractivity contribution in [3.63, 3.8) is 0 Å². The van der Waals surface area contributed by atoms with Gasteiger partial charge in [0.15, 0.2) is 0 Å². The van der Waals surface area contributed by atoms with Gasteiger partial charge < -0.3 is 5.32 Å². The van der Waals surface area contributed by atoms with E-state index >= 15 is 0 Å². The Labute approximate surface area is 110 Å². The monoisotopic (exact) mass is 270 g/mol. The molecule has 1 amide bonds. The first-order valence-electron chi connectivity index (χ1n) is 5.32. The largest absolute Gasteiger partial charge is 0.366 e. The van der Waals surface area contributed by atoms with Gasteiger partial charge in [-0.1, -0.05) is 36.2 Å². The fourth-order valence-corrected chi connectivity index (χ4v) is 2.04. The number of rotatable bonds is 2. The molecule has 1 aromatic carbocycles. The molecule has 3 nitrogen and oxygen atoms in total. The van der Waals surface area contributed by atoms with Crippen LogP contribution >= 0.6 is 23.2 Å². The van der Waals surface area contributed by atoms with Gasteiger partial charge in [0.2, 0.25) is 5.91 Å². The van der Waals surface area contributed by atoms with Crippen molar-refractivity contribution in [2.24, 2.45) is 0 Å². The van der Waals surface area contributed by atoms with Crippen molar-refractivity contribution >= 4 is 29.1 Å². The number of halogens is 2. The number of hydrogen-bond acceptors (Lipinski definition) is 2. The third-order valence-corrected chi connectivity index (χ3v) is 3.36. The van der Waals surface area contributed by atoms with Gasteiger partial charge in [-0.05, 0) is 17.7 Å². The zero-order valence-electron chi connectivity index (χ0n) is 9.28. The number of benzene rings is 1. The lowest BCUT2D eigenvalue weighted by Crippen LogP contribution is -2.31. The number of hydrogen-bond donors (Lipinski definition) is 1. The van der Waals surface area contributed by atoms with Crippen LogP contribution in [0.25, 0.3) is 0 Å². The lowest BCUT2D eigenvalue weighted by molar-refractivity contribution is -0.130. The minimum atomic E-state index is -0.197. The van der Waals surface area contributed by atoms with E-state index in [1.165, 1.54) is 0 Å². The van der Waals surface area contributed by atoms with Gasteiger partial charge in [0, 0.05) is 18.8 Å². The summed E-state index contributed by atoms with van der Waals surface area (Å²) in [5.74, 6) is 0.0577. The van der Waals surface area contributed by atoms with Crippen molar-refractivity contribution in [3.8, 4) is 0 Å². The summed E-state index contributed by atoms with van der Waals surface area (Å²) in [5.41, 5.74) is 0.909. The van der Waals surface area contributed by atoms with Crippen LogP contribution in [0.4, 0.5) is 0 Å². The molecule has 90 valence electrons. The smallest absolute Gasteiger partial charge is 0.228 e. The highest BCUT2D eigenvalue weighted by atomic mass is 35.5. The highest BCUT2D eigenvalue weighted by Crippen LogP contribution is 2.29. The molecule has 1 aromatic rings. The van der Waals surface area contributed by atoms with Crippen molar-refractivity contribution in [2.75, 3.05) is 0 Å². The highest BCUT2D eigenvalue weighted by Gasteiger charge is 2.25. The summed E-state index contributed by atoms with van der Waals surface area (Å²) >= 11 is 11.8. The number of nitrogens with one attached hydrogen (secondary N) is 1. The van der Waals surface area contributed by atoms with E-state index in [2.05, 4.69) is 5.32 Å². The van der Waals surface area contributed by atoms with E-state index in [-0.39, 0.29) is 12.1 Å². The van der Waals surface area contributed by atoms with E-state index in [0.717, 1.165) is 5.56 Å². The van der Waals surface area contributed by atoms with Crippen LogP contribution in [-0.2, 0) is 4.79 Å². The first-order valence-corrected chi connectivity index (χ1v) is 6.08. The molecular formula is C12H12Cl2N2O. The molecule has 0 spiro atoms. The first kappa shape index (κ1) is 12.3. The van der Waals surface area contributed by atoms with Crippen LogP contribution in [0, 0.1) is 0 Å². The summed E-state index contributed by atoms with van der Waals surface area (Å²) in [5, 5.41) is 4.10. The molecule has 0 bridgehead atoms. The zero-order chi connectivity index (χ0) is 12.4. The van der Waals surface area contributed by atoms with Crippen molar-refractivity contribution in [1.29, 1.82) is 0 Å². The SMILES string of the molecule is CCC(=O)N1C=CNC1c1ccc(Cl)c(Cl)c1. The molecule has 0 saturated heterocycles. The highest BCUT2D eigenvalue weighted by molar-refractivity contribution is 6.42. The van der Waals surface area contributed by atoms with Crippen molar-refractivity contribution in [3.05, 3.63) is 46.2 Å². The maximum Gasteiger partial charge on any atom is 0.228 e. The summed E-state index contributed by atoms with van der Waals surface area (Å²) in [7, 11) is 0. The van der Waals surface area contributed by atoms with Crippen molar-refractivity contribution in [2.45, 2.75) is 19.5 Å². The summed E-state index contributed by atoms with van der Waals surface area (Å²) in [6.07, 6.45) is 3.75. The van der Waals surface area contributed by atoms with E-state index in [4.69, 9.17) is 23.2 Å². The van der Waals surface area contributed by atoms with E-state index in [1.807, 2.05) is 13.0 Å². The number of carbonyl (C=O) groups excluding carboxylic acids is 1. The van der Waals surface area contributed by atoms with Gasteiger partial charge in [0.25, 0.3) is 0 Å². The molecule has 1 atom stereocenters. The van der Waals surface area contributed by atoms with Crippen LogP contribution in [0.3, 0.4) is 0 Å². The van der Waals surface area contributed by atoms with Gasteiger partial charge in [-0.2, -0.15) is 0 Å². The molecule has 0 radical (unpaired) electrons. The van der Waals surface area contributed by atoms with Crippen molar-refractivity contribution in [1.82, 2.24) is 10.2 Å². The molecule has 1 unspecified atom stereocenters. The molecule has 0 saturated carbocycles. The maximum atomic E-state index is 11.7. The molecule has 1 N–H and O–H groups in total. The second-order valence-electron chi connectivity index (χ2n) is 3.71. The van der Waals surface area contributed by atoms with E-state index < -0.39 is 0 Å². The Morgan fingerprint density at radius 3 is 2.82 bits per heavy atom. The van der Waals surface area contributed by atoms with Crippen LogP contribution in [-0.4, -0.2) is 10.8 Å². The quantitative estimate of drug-likeness (QED) is 0.895. The van der Waals surface area contributed by atoms with Gasteiger partial charge in [-0.15, -0.1) is 0 Å². The van der Waals surface area contributed by atoms with E-state index in [0.29, 0.717) is 16.5 Å². The minimum absolute atomic E-state index is 0.0577. The minimum Gasteiger partial charge on any atom is -0.366 e. The lowest BCUT2D eigenvalue weighted by Gasteiger charge is -2.24. The molecule has 1 aliphatic rings. The van der Waals surface area contributed by atoms with E-state index in [1.54, 1.807) is 29.4 Å². The van der Waals surface area contributed by atoms with Gasteiger partial charge in [0.1, 0.15) is 6.17 Å². The molecule has 1 heterocycles. The first-order chi connectivity index (χ1) is 8.13. The Hall–Kier alpha value is -1.19. The Morgan fingerprint density at radius 2 is 2.18 bits per heavy atom. The van der Waals surface area contributed by atoms with Gasteiger partial charge in [0.05, 0.1) is 10.0 Å². The fourth-order valence-electron chi connectivity index (χ4n) is 1.73. The number of nitrogens with zero attached hydrogens (tertiary/aromatic N) is 1. The van der Waals surface area contributed by atoms with Gasteiger partial charge in [-0.25, -0.2) is 0 Å². The summed E-state index contributed by atoms with van der Waals surface area (Å²) in [4.78, 5) is 13.4. The maximum absolute atomic E-state index is 11.7. The fraction of sp³-hybridized carbons (Fsp3) is 0.250. The molecule has 0 aromatic heterocycles. The third-order valence-electron chi connectivity index (χ3n) is 2.62. The Bertz CT molecular complexity index is 474. The van der Waals surface area contributed by atoms with Crippen LogP contribution < -0.4 is 5.32 Å². The summed E-state index contributed by atoms with van der Waals surface area (Å²) < 4.78 is 0. The number of amides is 1. The molecule has 2 rings (SSSR count). The Kier molecular flexibility index (Phi) is 3.60. The Balaban J connectivity index is 2.27. The van der Waals surface area contributed by atoms with Crippen LogP contribution in [0.5, 0.6) is 0 Å². The van der Waals surface area contributed by atoms with Crippen molar-refractivity contribution < 1.29 is 4.79 Å². The third kappa shape index (κ3) is 2.40. The van der Waals surface area contributed by atoms with E-state index in [9.17, 15) is 4.79 Å². The molecule has 17 heavy (non-hydrogen) atoms. The average Bonchev–Trinajstić information content (AvgIpc) is 2.80. The van der Waals surface area contributed by atoms with Gasteiger partial charge in [-0.3, -0.25) is 9.69 Å². The second-order valence-corrected chi connectivity index (χ2v) is 4.53. The lowest BCUT2D eigenvalue weighted by atomic mass is 10.1. The molecule has 5 heteroatoms. The summed E-state index contributed by atoms with van der Waals surface area (Å²) in [6.45, 7) is 1.83. The normalized spacial score (nSPS) is 18.3. The topological polar surface area (TPSA) is 32.3 Å². The average molecular weight is 271 g/mol. The predicted molar refractivity (Wildman–Crippen MR) is 68.6 cm³/mol.